The zero-order valence-electron chi connectivity index (χ0n) is 13.2. The van der Waals surface area contributed by atoms with Crippen LogP contribution in [0, 0.1) is 10.8 Å². The van der Waals surface area contributed by atoms with E-state index < -0.39 is 22.8 Å². The van der Waals surface area contributed by atoms with Crippen molar-refractivity contribution in [2.75, 3.05) is 6.61 Å². The highest BCUT2D eigenvalue weighted by molar-refractivity contribution is 5.84. The third kappa shape index (κ3) is 4.06. The number of ether oxygens (including phenoxy) is 1. The average molecular weight is 292 g/mol. The summed E-state index contributed by atoms with van der Waals surface area (Å²) in [6.07, 6.45) is 0.104. The molecule has 0 aliphatic carbocycles. The quantitative estimate of drug-likeness (QED) is 0.817. The van der Waals surface area contributed by atoms with E-state index in [1.807, 2.05) is 51.1 Å². The number of hydrogen-bond acceptors (Lipinski definition) is 3. The van der Waals surface area contributed by atoms with Crippen LogP contribution >= 0.6 is 0 Å². The first-order chi connectivity index (χ1) is 9.73. The van der Waals surface area contributed by atoms with Gasteiger partial charge < -0.3 is 9.84 Å². The lowest BCUT2D eigenvalue weighted by molar-refractivity contribution is -0.168. The zero-order chi connectivity index (χ0) is 16.1. The van der Waals surface area contributed by atoms with Gasteiger partial charge in [0.25, 0.3) is 0 Å². The summed E-state index contributed by atoms with van der Waals surface area (Å²) >= 11 is 0. The summed E-state index contributed by atoms with van der Waals surface area (Å²) in [5, 5.41) is 9.30. The summed E-state index contributed by atoms with van der Waals surface area (Å²) in [4.78, 5) is 23.9. The lowest BCUT2D eigenvalue weighted by Gasteiger charge is -2.41. The molecule has 1 N–H and O–H groups in total. The Balaban J connectivity index is 3.29. The lowest BCUT2D eigenvalue weighted by Crippen LogP contribution is -2.47. The number of esters is 1. The molecule has 0 amide bonds. The monoisotopic (exact) mass is 292 g/mol. The normalized spacial score (nSPS) is 14.3. The van der Waals surface area contributed by atoms with Crippen LogP contribution in [0.4, 0.5) is 0 Å². The smallest absolute Gasteiger partial charge is 0.313 e. The van der Waals surface area contributed by atoms with Crippen molar-refractivity contribution in [3.63, 3.8) is 0 Å². The molecular weight excluding hydrogens is 268 g/mol. The van der Waals surface area contributed by atoms with Crippen LogP contribution in [-0.2, 0) is 20.7 Å². The van der Waals surface area contributed by atoms with Gasteiger partial charge in [-0.05, 0) is 24.3 Å². The molecule has 4 nitrogen and oxygen atoms in total. The minimum atomic E-state index is -1.09. The summed E-state index contributed by atoms with van der Waals surface area (Å²) in [6.45, 7) is 7.63. The van der Waals surface area contributed by atoms with E-state index in [0.717, 1.165) is 5.56 Å². The van der Waals surface area contributed by atoms with E-state index in [0.29, 0.717) is 6.42 Å². The van der Waals surface area contributed by atoms with Crippen LogP contribution in [0.2, 0.25) is 0 Å². The Labute approximate surface area is 126 Å². The van der Waals surface area contributed by atoms with Crippen molar-refractivity contribution < 1.29 is 19.4 Å². The van der Waals surface area contributed by atoms with Crippen molar-refractivity contribution in [2.24, 2.45) is 10.8 Å². The van der Waals surface area contributed by atoms with E-state index in [1.165, 1.54) is 0 Å². The van der Waals surface area contributed by atoms with Gasteiger partial charge in [0.15, 0.2) is 0 Å². The first-order valence-corrected chi connectivity index (χ1v) is 7.16. The third-order valence-electron chi connectivity index (χ3n) is 3.90. The molecular formula is C17H24O4. The van der Waals surface area contributed by atoms with Crippen LogP contribution < -0.4 is 0 Å². The highest BCUT2D eigenvalue weighted by Gasteiger charge is 2.51. The Bertz CT molecular complexity index is 487. The maximum Gasteiger partial charge on any atom is 0.313 e. The van der Waals surface area contributed by atoms with E-state index in [9.17, 15) is 14.7 Å². The molecule has 1 unspecified atom stereocenters. The van der Waals surface area contributed by atoms with E-state index in [1.54, 1.807) is 6.92 Å². The van der Waals surface area contributed by atoms with Crippen molar-refractivity contribution in [3.05, 3.63) is 35.9 Å². The van der Waals surface area contributed by atoms with Crippen molar-refractivity contribution >= 4 is 11.9 Å². The van der Waals surface area contributed by atoms with Crippen molar-refractivity contribution in [2.45, 2.75) is 40.5 Å². The number of benzene rings is 1. The van der Waals surface area contributed by atoms with Crippen molar-refractivity contribution in [1.82, 2.24) is 0 Å². The fourth-order valence-electron chi connectivity index (χ4n) is 2.52. The predicted molar refractivity (Wildman–Crippen MR) is 80.9 cm³/mol. The van der Waals surface area contributed by atoms with Crippen LogP contribution in [0.1, 0.15) is 39.7 Å². The lowest BCUT2D eigenvalue weighted by atomic mass is 9.61. The second-order valence-corrected chi connectivity index (χ2v) is 6.29. The van der Waals surface area contributed by atoms with Crippen LogP contribution in [0.3, 0.4) is 0 Å². The molecule has 0 aliphatic rings. The van der Waals surface area contributed by atoms with Gasteiger partial charge in [-0.2, -0.15) is 0 Å². The molecule has 0 aromatic heterocycles. The molecule has 1 aromatic carbocycles. The molecule has 0 radical (unpaired) electrons. The van der Waals surface area contributed by atoms with Crippen LogP contribution in [0.25, 0.3) is 0 Å². The molecule has 0 spiro atoms. The van der Waals surface area contributed by atoms with Crippen LogP contribution in [0.5, 0.6) is 0 Å². The number of aliphatic carboxylic acids is 1. The second-order valence-electron chi connectivity index (χ2n) is 6.29. The number of carbonyl (C=O) groups is 2. The third-order valence-corrected chi connectivity index (χ3v) is 3.90. The van der Waals surface area contributed by atoms with Gasteiger partial charge in [-0.15, -0.1) is 0 Å². The van der Waals surface area contributed by atoms with Gasteiger partial charge in [-0.1, -0.05) is 51.1 Å². The molecule has 1 aromatic rings. The van der Waals surface area contributed by atoms with Crippen LogP contribution in [0.15, 0.2) is 30.3 Å². The average Bonchev–Trinajstić information content (AvgIpc) is 2.37. The summed E-state index contributed by atoms with van der Waals surface area (Å²) < 4.78 is 5.20. The number of rotatable bonds is 6. The SMILES string of the molecule is CCOC(=O)C(CC(=O)O)(Cc1ccccc1)C(C)(C)C. The van der Waals surface area contributed by atoms with E-state index in [2.05, 4.69) is 0 Å². The standard InChI is InChI=1S/C17H24O4/c1-5-21-15(20)17(12-14(18)19,16(2,3)4)11-13-9-7-6-8-10-13/h6-10H,5,11-12H2,1-4H3,(H,18,19). The Morgan fingerprint density at radius 1 is 1.14 bits per heavy atom. The molecule has 0 bridgehead atoms. The van der Waals surface area contributed by atoms with Gasteiger partial charge in [0.1, 0.15) is 0 Å². The molecule has 21 heavy (non-hydrogen) atoms. The van der Waals surface area contributed by atoms with Gasteiger partial charge in [0.2, 0.25) is 0 Å². The first kappa shape index (κ1) is 17.2. The highest BCUT2D eigenvalue weighted by Crippen LogP contribution is 2.45. The minimum absolute atomic E-state index is 0.241. The summed E-state index contributed by atoms with van der Waals surface area (Å²) in [7, 11) is 0. The first-order valence-electron chi connectivity index (χ1n) is 7.16. The van der Waals surface area contributed by atoms with Crippen molar-refractivity contribution in [1.29, 1.82) is 0 Å². The zero-order valence-corrected chi connectivity index (χ0v) is 13.2. The number of hydrogen-bond donors (Lipinski definition) is 1. The Morgan fingerprint density at radius 3 is 2.14 bits per heavy atom. The van der Waals surface area contributed by atoms with Gasteiger partial charge in [0.05, 0.1) is 18.4 Å². The number of carboxylic acid groups (broad SMARTS) is 1. The van der Waals surface area contributed by atoms with Crippen molar-refractivity contribution in [3.8, 4) is 0 Å². The number of carbonyl (C=O) groups excluding carboxylic acids is 1. The fraction of sp³-hybridized carbons (Fsp3) is 0.529. The van der Waals surface area contributed by atoms with Gasteiger partial charge in [0, 0.05) is 0 Å². The Morgan fingerprint density at radius 2 is 1.71 bits per heavy atom. The van der Waals surface area contributed by atoms with E-state index in [4.69, 9.17) is 4.74 Å². The van der Waals surface area contributed by atoms with E-state index in [-0.39, 0.29) is 13.0 Å². The van der Waals surface area contributed by atoms with Gasteiger partial charge in [-0.3, -0.25) is 9.59 Å². The Kier molecular flexibility index (Phi) is 5.53. The molecule has 1 rings (SSSR count). The molecule has 0 saturated carbocycles. The highest BCUT2D eigenvalue weighted by atomic mass is 16.5. The summed E-state index contributed by atoms with van der Waals surface area (Å²) in [6, 6.07) is 9.47. The number of carboxylic acids is 1. The molecule has 0 saturated heterocycles. The fourth-order valence-corrected chi connectivity index (χ4v) is 2.52. The Hall–Kier alpha value is -1.84. The maximum atomic E-state index is 12.6. The minimum Gasteiger partial charge on any atom is -0.481 e. The molecule has 0 fully saturated rings. The summed E-state index contributed by atoms with van der Waals surface area (Å²) in [5.74, 6) is -1.43. The second kappa shape index (κ2) is 6.74. The molecule has 4 heteroatoms. The topological polar surface area (TPSA) is 63.6 Å². The van der Waals surface area contributed by atoms with Gasteiger partial charge >= 0.3 is 11.9 Å². The summed E-state index contributed by atoms with van der Waals surface area (Å²) in [5.41, 5.74) is -0.689. The van der Waals surface area contributed by atoms with E-state index >= 15 is 0 Å². The molecule has 116 valence electrons. The molecule has 0 aliphatic heterocycles. The molecule has 1 atom stereocenters. The maximum absolute atomic E-state index is 12.6. The van der Waals surface area contributed by atoms with Gasteiger partial charge in [-0.25, -0.2) is 0 Å². The molecule has 0 heterocycles. The van der Waals surface area contributed by atoms with Crippen LogP contribution in [-0.4, -0.2) is 23.7 Å². The largest absolute Gasteiger partial charge is 0.481 e. The predicted octanol–water partition coefficient (Wildman–Crippen LogP) is 3.30.